The molecule has 2 aromatic heterocycles. The Balaban J connectivity index is 1.72. The van der Waals surface area contributed by atoms with Crippen molar-refractivity contribution in [1.29, 1.82) is 0 Å². The fourth-order valence-corrected chi connectivity index (χ4v) is 3.36. The molecular weight excluding hydrogens is 324 g/mol. The van der Waals surface area contributed by atoms with Crippen molar-refractivity contribution in [3.8, 4) is 0 Å². The molecular formula is C17H22N4O2S. The van der Waals surface area contributed by atoms with Crippen LogP contribution in [0.1, 0.15) is 11.3 Å². The minimum atomic E-state index is 0.00717. The molecule has 0 saturated carbocycles. The van der Waals surface area contributed by atoms with E-state index in [9.17, 15) is 4.79 Å². The molecule has 1 unspecified atom stereocenters. The predicted octanol–water partition coefficient (Wildman–Crippen LogP) is 1.75. The van der Waals surface area contributed by atoms with Gasteiger partial charge in [-0.25, -0.2) is 4.98 Å². The van der Waals surface area contributed by atoms with Gasteiger partial charge in [-0.2, -0.15) is 0 Å². The van der Waals surface area contributed by atoms with Gasteiger partial charge in [0.05, 0.1) is 25.7 Å². The lowest BCUT2D eigenvalue weighted by Crippen LogP contribution is -2.48. The van der Waals surface area contributed by atoms with Gasteiger partial charge >= 0.3 is 0 Å². The van der Waals surface area contributed by atoms with Crippen LogP contribution in [0.5, 0.6) is 0 Å². The zero-order chi connectivity index (χ0) is 16.9. The number of hydrogen-bond donors (Lipinski definition) is 0. The van der Waals surface area contributed by atoms with Crippen LogP contribution in [0.2, 0.25) is 0 Å². The van der Waals surface area contributed by atoms with Crippen molar-refractivity contribution in [2.75, 3.05) is 38.2 Å². The smallest absolute Gasteiger partial charge is 0.233 e. The average Bonchev–Trinajstić information content (AvgIpc) is 3.09. The highest BCUT2D eigenvalue weighted by atomic mass is 32.1. The van der Waals surface area contributed by atoms with E-state index in [4.69, 9.17) is 4.74 Å². The zero-order valence-corrected chi connectivity index (χ0v) is 14.8. The Bertz CT molecular complexity index is 660. The molecule has 1 atom stereocenters. The standard InChI is InChI=1S/C17H22N4O2S/c1-13-3-4-14(10-19-13)9-16(22)21(17-18-5-8-24-17)12-15-11-20(2)6-7-23-15/h3-5,8,10,15H,6-7,9,11-12H2,1-2H3. The SMILES string of the molecule is Cc1ccc(CC(=O)N(CC2CN(C)CCO2)c2nccs2)cn1. The number of hydrogen-bond acceptors (Lipinski definition) is 6. The van der Waals surface area contributed by atoms with Gasteiger partial charge in [0.25, 0.3) is 0 Å². The molecule has 1 aliphatic rings. The quantitative estimate of drug-likeness (QED) is 0.826. The Labute approximate surface area is 146 Å². The first-order chi connectivity index (χ1) is 11.6. The maximum absolute atomic E-state index is 12.8. The van der Waals surface area contributed by atoms with Crippen LogP contribution in [0.15, 0.2) is 29.9 Å². The van der Waals surface area contributed by atoms with Gasteiger partial charge in [-0.15, -0.1) is 11.3 Å². The normalized spacial score (nSPS) is 18.5. The summed E-state index contributed by atoms with van der Waals surface area (Å²) in [7, 11) is 2.07. The van der Waals surface area contributed by atoms with Gasteiger partial charge < -0.3 is 9.64 Å². The molecule has 1 aliphatic heterocycles. The van der Waals surface area contributed by atoms with Gasteiger partial charge in [-0.3, -0.25) is 14.7 Å². The summed E-state index contributed by atoms with van der Waals surface area (Å²) in [5, 5.41) is 2.61. The van der Waals surface area contributed by atoms with Gasteiger partial charge in [0, 0.05) is 36.6 Å². The maximum atomic E-state index is 12.8. The van der Waals surface area contributed by atoms with Gasteiger partial charge in [-0.05, 0) is 25.6 Å². The second-order valence-corrected chi connectivity index (χ2v) is 6.93. The van der Waals surface area contributed by atoms with Crippen LogP contribution in [0, 0.1) is 6.92 Å². The summed E-state index contributed by atoms with van der Waals surface area (Å²) in [6.07, 6.45) is 3.81. The highest BCUT2D eigenvalue weighted by Crippen LogP contribution is 2.20. The van der Waals surface area contributed by atoms with Gasteiger partial charge in [0.1, 0.15) is 0 Å². The number of anilines is 1. The fourth-order valence-electron chi connectivity index (χ4n) is 2.69. The molecule has 128 valence electrons. The lowest BCUT2D eigenvalue weighted by Gasteiger charge is -2.33. The minimum Gasteiger partial charge on any atom is -0.374 e. The monoisotopic (exact) mass is 346 g/mol. The van der Waals surface area contributed by atoms with E-state index in [1.165, 1.54) is 11.3 Å². The molecule has 0 aliphatic carbocycles. The van der Waals surface area contributed by atoms with Crippen molar-refractivity contribution < 1.29 is 9.53 Å². The number of likely N-dealkylation sites (N-methyl/N-ethyl adjacent to an activating group) is 1. The van der Waals surface area contributed by atoms with Crippen molar-refractivity contribution in [1.82, 2.24) is 14.9 Å². The number of ether oxygens (including phenoxy) is 1. The first-order valence-electron chi connectivity index (χ1n) is 8.03. The van der Waals surface area contributed by atoms with E-state index in [2.05, 4.69) is 21.9 Å². The van der Waals surface area contributed by atoms with Gasteiger partial charge in [0.2, 0.25) is 5.91 Å². The third kappa shape index (κ3) is 4.37. The third-order valence-electron chi connectivity index (χ3n) is 4.01. The molecule has 0 radical (unpaired) electrons. The number of amides is 1. The average molecular weight is 346 g/mol. The molecule has 3 heterocycles. The summed E-state index contributed by atoms with van der Waals surface area (Å²) in [5.74, 6) is 0.0208. The lowest BCUT2D eigenvalue weighted by molar-refractivity contribution is -0.118. The first kappa shape index (κ1) is 17.0. The topological polar surface area (TPSA) is 58.6 Å². The Morgan fingerprint density at radius 1 is 1.46 bits per heavy atom. The summed E-state index contributed by atoms with van der Waals surface area (Å²) in [6.45, 7) is 4.90. The lowest BCUT2D eigenvalue weighted by atomic mass is 10.1. The van der Waals surface area contributed by atoms with Crippen LogP contribution in [0.25, 0.3) is 0 Å². The Kier molecular flexibility index (Phi) is 5.55. The van der Waals surface area contributed by atoms with Crippen molar-refractivity contribution in [2.45, 2.75) is 19.4 Å². The number of rotatable bonds is 5. The van der Waals surface area contributed by atoms with E-state index in [0.29, 0.717) is 19.6 Å². The number of aryl methyl sites for hydroxylation is 1. The van der Waals surface area contributed by atoms with E-state index in [-0.39, 0.29) is 12.0 Å². The third-order valence-corrected chi connectivity index (χ3v) is 4.80. The number of pyridine rings is 1. The van der Waals surface area contributed by atoms with Gasteiger partial charge in [0.15, 0.2) is 5.13 Å². The van der Waals surface area contributed by atoms with Crippen molar-refractivity contribution in [3.63, 3.8) is 0 Å². The summed E-state index contributed by atoms with van der Waals surface area (Å²) < 4.78 is 5.82. The van der Waals surface area contributed by atoms with Crippen LogP contribution in [-0.4, -0.2) is 60.2 Å². The van der Waals surface area contributed by atoms with E-state index in [1.54, 1.807) is 17.3 Å². The Hall–Kier alpha value is -1.83. The molecule has 3 rings (SSSR count). The van der Waals surface area contributed by atoms with Gasteiger partial charge in [-0.1, -0.05) is 6.07 Å². The maximum Gasteiger partial charge on any atom is 0.233 e. The highest BCUT2D eigenvalue weighted by Gasteiger charge is 2.26. The van der Waals surface area contributed by atoms with Crippen LogP contribution < -0.4 is 4.90 Å². The largest absolute Gasteiger partial charge is 0.374 e. The van der Waals surface area contributed by atoms with Crippen molar-refractivity contribution in [2.24, 2.45) is 0 Å². The molecule has 24 heavy (non-hydrogen) atoms. The molecule has 6 nitrogen and oxygen atoms in total. The fraction of sp³-hybridized carbons (Fsp3) is 0.471. The van der Waals surface area contributed by atoms with E-state index >= 15 is 0 Å². The van der Waals surface area contributed by atoms with Crippen LogP contribution in [0.4, 0.5) is 5.13 Å². The number of carbonyl (C=O) groups excluding carboxylic acids is 1. The summed E-state index contributed by atoms with van der Waals surface area (Å²) in [4.78, 5) is 25.4. The molecule has 1 saturated heterocycles. The first-order valence-corrected chi connectivity index (χ1v) is 8.91. The second kappa shape index (κ2) is 7.83. The number of thiazole rings is 1. The molecule has 1 fully saturated rings. The number of aromatic nitrogens is 2. The molecule has 0 bridgehead atoms. The van der Waals surface area contributed by atoms with E-state index in [1.807, 2.05) is 24.4 Å². The van der Waals surface area contributed by atoms with E-state index < -0.39 is 0 Å². The number of nitrogens with zero attached hydrogens (tertiary/aromatic N) is 4. The molecule has 0 N–H and O–H groups in total. The summed E-state index contributed by atoms with van der Waals surface area (Å²) >= 11 is 1.47. The van der Waals surface area contributed by atoms with E-state index in [0.717, 1.165) is 29.5 Å². The highest BCUT2D eigenvalue weighted by molar-refractivity contribution is 7.13. The molecule has 0 spiro atoms. The summed E-state index contributed by atoms with van der Waals surface area (Å²) in [5.41, 5.74) is 1.86. The predicted molar refractivity (Wildman–Crippen MR) is 94.4 cm³/mol. The Morgan fingerprint density at radius 2 is 2.33 bits per heavy atom. The van der Waals surface area contributed by atoms with Crippen molar-refractivity contribution >= 4 is 22.4 Å². The molecule has 2 aromatic rings. The van der Waals surface area contributed by atoms with Crippen LogP contribution in [0.3, 0.4) is 0 Å². The van der Waals surface area contributed by atoms with Crippen LogP contribution >= 0.6 is 11.3 Å². The summed E-state index contributed by atoms with van der Waals surface area (Å²) in [6, 6.07) is 3.88. The van der Waals surface area contributed by atoms with Crippen molar-refractivity contribution in [3.05, 3.63) is 41.2 Å². The Morgan fingerprint density at radius 3 is 3.00 bits per heavy atom. The number of morpholine rings is 1. The zero-order valence-electron chi connectivity index (χ0n) is 14.0. The molecule has 7 heteroatoms. The second-order valence-electron chi connectivity index (χ2n) is 6.06. The van der Waals surface area contributed by atoms with Crippen LogP contribution in [-0.2, 0) is 16.0 Å². The molecule has 1 amide bonds. The molecule has 0 aromatic carbocycles. The minimum absolute atomic E-state index is 0.00717. The number of carbonyl (C=O) groups is 1.